The van der Waals surface area contributed by atoms with E-state index in [-0.39, 0.29) is 24.0 Å². The molecule has 30 heavy (non-hydrogen) atoms. The Morgan fingerprint density at radius 1 is 0.833 bits per heavy atom. The van der Waals surface area contributed by atoms with Crippen LogP contribution in [-0.4, -0.2) is 40.9 Å². The summed E-state index contributed by atoms with van der Waals surface area (Å²) >= 11 is 0. The summed E-state index contributed by atoms with van der Waals surface area (Å²) in [5.41, 5.74) is 3.22. The number of halogens is 1. The lowest BCUT2D eigenvalue weighted by Crippen LogP contribution is -2.36. The molecule has 0 aromatic heterocycles. The number of methoxy groups -OCH3 is 4. The summed E-state index contributed by atoms with van der Waals surface area (Å²) < 4.78 is 21.6. The van der Waals surface area contributed by atoms with E-state index < -0.39 is 0 Å². The van der Waals surface area contributed by atoms with Crippen LogP contribution in [0.15, 0.2) is 35.3 Å². The van der Waals surface area contributed by atoms with Crippen LogP contribution >= 0.6 is 24.0 Å². The smallest absolute Gasteiger partial charge is 0.203 e. The Kier molecular flexibility index (Phi) is 11.2. The van der Waals surface area contributed by atoms with Crippen LogP contribution in [0.2, 0.25) is 0 Å². The zero-order valence-corrected chi connectivity index (χ0v) is 20.8. The van der Waals surface area contributed by atoms with Gasteiger partial charge >= 0.3 is 0 Å². The summed E-state index contributed by atoms with van der Waals surface area (Å²) in [6.45, 7) is 5.94. The molecule has 0 amide bonds. The highest BCUT2D eigenvalue weighted by Gasteiger charge is 2.13. The van der Waals surface area contributed by atoms with Gasteiger partial charge in [0.25, 0.3) is 0 Å². The van der Waals surface area contributed by atoms with Gasteiger partial charge in [0.1, 0.15) is 5.75 Å². The van der Waals surface area contributed by atoms with Gasteiger partial charge in [0.15, 0.2) is 17.5 Å². The maximum Gasteiger partial charge on any atom is 0.203 e. The first-order valence-corrected chi connectivity index (χ1v) is 9.50. The van der Waals surface area contributed by atoms with Crippen LogP contribution in [0.3, 0.4) is 0 Å². The number of ether oxygens (including phenoxy) is 4. The lowest BCUT2D eigenvalue weighted by atomic mass is 10.1. The van der Waals surface area contributed by atoms with Gasteiger partial charge in [-0.05, 0) is 54.8 Å². The van der Waals surface area contributed by atoms with Crippen molar-refractivity contribution in [3.63, 3.8) is 0 Å². The molecule has 2 aromatic carbocycles. The molecule has 0 bridgehead atoms. The third-order valence-electron chi connectivity index (χ3n) is 4.29. The number of benzene rings is 2. The van der Waals surface area contributed by atoms with Crippen molar-refractivity contribution in [1.82, 2.24) is 10.6 Å². The summed E-state index contributed by atoms with van der Waals surface area (Å²) in [7, 11) is 6.48. The van der Waals surface area contributed by atoms with E-state index in [2.05, 4.69) is 21.7 Å². The van der Waals surface area contributed by atoms with E-state index in [1.807, 2.05) is 38.1 Å². The quantitative estimate of drug-likeness (QED) is 0.292. The molecule has 166 valence electrons. The first-order valence-electron chi connectivity index (χ1n) is 9.50. The molecule has 0 atom stereocenters. The van der Waals surface area contributed by atoms with Crippen LogP contribution < -0.4 is 29.6 Å². The molecule has 0 saturated carbocycles. The summed E-state index contributed by atoms with van der Waals surface area (Å²) in [4.78, 5) is 4.69. The van der Waals surface area contributed by atoms with Crippen LogP contribution in [0.4, 0.5) is 0 Å². The Morgan fingerprint density at radius 2 is 1.50 bits per heavy atom. The van der Waals surface area contributed by atoms with E-state index >= 15 is 0 Å². The minimum atomic E-state index is 0. The van der Waals surface area contributed by atoms with Gasteiger partial charge in [0, 0.05) is 13.1 Å². The van der Waals surface area contributed by atoms with Crippen molar-refractivity contribution in [1.29, 1.82) is 0 Å². The second-order valence-electron chi connectivity index (χ2n) is 6.44. The van der Waals surface area contributed by atoms with E-state index in [9.17, 15) is 0 Å². The van der Waals surface area contributed by atoms with Crippen LogP contribution in [0.1, 0.15) is 23.6 Å². The average molecular weight is 529 g/mol. The van der Waals surface area contributed by atoms with Crippen molar-refractivity contribution >= 4 is 29.9 Å². The molecular weight excluding hydrogens is 497 g/mol. The maximum absolute atomic E-state index is 5.42. The zero-order valence-electron chi connectivity index (χ0n) is 18.5. The van der Waals surface area contributed by atoms with Crippen LogP contribution in [0.5, 0.6) is 23.0 Å². The number of hydrogen-bond donors (Lipinski definition) is 2. The maximum atomic E-state index is 5.42. The predicted octanol–water partition coefficient (Wildman–Crippen LogP) is 3.90. The Hall–Kier alpha value is -2.36. The van der Waals surface area contributed by atoms with Crippen molar-refractivity contribution in [2.24, 2.45) is 4.99 Å². The molecule has 8 heteroatoms. The van der Waals surface area contributed by atoms with Crippen LogP contribution in [-0.2, 0) is 13.1 Å². The largest absolute Gasteiger partial charge is 0.497 e. The molecule has 2 rings (SSSR count). The molecule has 7 nitrogen and oxygen atoms in total. The number of rotatable bonds is 9. The summed E-state index contributed by atoms with van der Waals surface area (Å²) in [5, 5.41) is 6.61. The Balaban J connectivity index is 0.00000450. The zero-order chi connectivity index (χ0) is 21.2. The predicted molar refractivity (Wildman–Crippen MR) is 131 cm³/mol. The molecule has 0 unspecified atom stereocenters. The normalized spacial score (nSPS) is 10.7. The summed E-state index contributed by atoms with van der Waals surface area (Å²) in [6.07, 6.45) is 0. The first-order chi connectivity index (χ1) is 14.0. The lowest BCUT2D eigenvalue weighted by Gasteiger charge is -2.16. The van der Waals surface area contributed by atoms with Crippen molar-refractivity contribution in [2.75, 3.05) is 35.0 Å². The molecule has 2 aromatic rings. The fourth-order valence-corrected chi connectivity index (χ4v) is 2.97. The number of aryl methyl sites for hydroxylation is 1. The van der Waals surface area contributed by atoms with Gasteiger partial charge in [-0.15, -0.1) is 24.0 Å². The van der Waals surface area contributed by atoms with Gasteiger partial charge in [0.05, 0.1) is 35.0 Å². The van der Waals surface area contributed by atoms with Crippen molar-refractivity contribution in [2.45, 2.75) is 26.9 Å². The molecule has 2 N–H and O–H groups in total. The molecule has 0 aliphatic heterocycles. The fraction of sp³-hybridized carbons (Fsp3) is 0.409. The van der Waals surface area contributed by atoms with Gasteiger partial charge in [-0.1, -0.05) is 6.07 Å². The molecule has 0 radical (unpaired) electrons. The number of aliphatic imine (C=N–C) groups is 1. The van der Waals surface area contributed by atoms with E-state index in [0.717, 1.165) is 34.9 Å². The topological polar surface area (TPSA) is 73.3 Å². The minimum absolute atomic E-state index is 0. The second-order valence-corrected chi connectivity index (χ2v) is 6.44. The third kappa shape index (κ3) is 7.16. The second kappa shape index (κ2) is 13.0. The van der Waals surface area contributed by atoms with E-state index in [0.29, 0.717) is 30.3 Å². The summed E-state index contributed by atoms with van der Waals surface area (Å²) in [6, 6.07) is 9.95. The molecule has 0 fully saturated rings. The average Bonchev–Trinajstić information content (AvgIpc) is 2.74. The van der Waals surface area contributed by atoms with Crippen molar-refractivity contribution in [3.8, 4) is 23.0 Å². The molecule has 0 aliphatic carbocycles. The van der Waals surface area contributed by atoms with Gasteiger partial charge in [0.2, 0.25) is 5.75 Å². The molecular formula is C22H32IN3O4. The van der Waals surface area contributed by atoms with E-state index in [4.69, 9.17) is 18.9 Å². The first kappa shape index (κ1) is 25.7. The van der Waals surface area contributed by atoms with Gasteiger partial charge in [-0.3, -0.25) is 0 Å². The van der Waals surface area contributed by atoms with Gasteiger partial charge in [-0.2, -0.15) is 0 Å². The lowest BCUT2D eigenvalue weighted by molar-refractivity contribution is 0.323. The molecule has 0 aliphatic rings. The number of guanidine groups is 1. The standard InChI is InChI=1S/C22H31N3O4.HI/c1-7-23-22(24-13-16-8-15(2)9-18(10-16)26-3)25-14-17-11-19(27-4)21(29-6)20(12-17)28-5;/h8-12H,7,13-14H2,1-6H3,(H2,23,24,25);1H. The van der Waals surface area contributed by atoms with Crippen molar-refractivity contribution in [3.05, 3.63) is 47.0 Å². The highest BCUT2D eigenvalue weighted by Crippen LogP contribution is 2.38. The monoisotopic (exact) mass is 529 g/mol. The molecule has 0 spiro atoms. The SMILES string of the molecule is CCNC(=NCc1cc(C)cc(OC)c1)NCc1cc(OC)c(OC)c(OC)c1.I. The number of nitrogens with one attached hydrogen (secondary N) is 2. The minimum Gasteiger partial charge on any atom is -0.497 e. The van der Waals surface area contributed by atoms with Gasteiger partial charge < -0.3 is 29.6 Å². The fourth-order valence-electron chi connectivity index (χ4n) is 2.97. The summed E-state index contributed by atoms with van der Waals surface area (Å²) in [5.74, 6) is 3.38. The van der Waals surface area contributed by atoms with E-state index in [1.165, 1.54) is 0 Å². The van der Waals surface area contributed by atoms with Crippen LogP contribution in [0, 0.1) is 6.92 Å². The Labute approximate surface area is 196 Å². The number of nitrogens with zero attached hydrogens (tertiary/aromatic N) is 1. The van der Waals surface area contributed by atoms with Gasteiger partial charge in [-0.25, -0.2) is 4.99 Å². The highest BCUT2D eigenvalue weighted by molar-refractivity contribution is 14.0. The van der Waals surface area contributed by atoms with Crippen LogP contribution in [0.25, 0.3) is 0 Å². The molecule has 0 saturated heterocycles. The third-order valence-corrected chi connectivity index (χ3v) is 4.29. The Bertz CT molecular complexity index is 818. The number of hydrogen-bond acceptors (Lipinski definition) is 5. The van der Waals surface area contributed by atoms with Crippen molar-refractivity contribution < 1.29 is 18.9 Å². The highest BCUT2D eigenvalue weighted by atomic mass is 127. The molecule has 0 heterocycles. The van der Waals surface area contributed by atoms with E-state index in [1.54, 1.807) is 28.4 Å². The Morgan fingerprint density at radius 3 is 2.03 bits per heavy atom.